The summed E-state index contributed by atoms with van der Waals surface area (Å²) in [5, 5.41) is 2.05. The molecular formula is C13H13Cl5Si2. The quantitative estimate of drug-likeness (QED) is 0.490. The zero-order valence-electron chi connectivity index (χ0n) is 10.7. The lowest BCUT2D eigenvalue weighted by Gasteiger charge is -2.17. The summed E-state index contributed by atoms with van der Waals surface area (Å²) in [6.45, 7) is -0.888. The van der Waals surface area contributed by atoms with Crippen molar-refractivity contribution >= 4 is 78.5 Å². The molecule has 0 atom stereocenters. The van der Waals surface area contributed by atoms with Crippen molar-refractivity contribution in [3.05, 3.63) is 60.7 Å². The number of hydrogen-bond acceptors (Lipinski definition) is 0. The van der Waals surface area contributed by atoms with E-state index in [0.29, 0.717) is 0 Å². The molecule has 0 saturated carbocycles. The lowest BCUT2D eigenvalue weighted by molar-refractivity contribution is 1.74. The molecule has 0 heterocycles. The largest absolute Gasteiger partial charge is 0.338 e. The summed E-state index contributed by atoms with van der Waals surface area (Å²) in [6, 6.07) is 17.5. The second-order valence-corrected chi connectivity index (χ2v) is 20.5. The maximum atomic E-state index is 6.49. The van der Waals surface area contributed by atoms with Crippen LogP contribution in [0.4, 0.5) is 0 Å². The second-order valence-electron chi connectivity index (χ2n) is 4.09. The first kappa shape index (κ1) is 18.4. The molecule has 0 N–H and O–H groups in total. The predicted molar refractivity (Wildman–Crippen MR) is 98.8 cm³/mol. The minimum absolute atomic E-state index is 1.03. The molecule has 7 heteroatoms. The Hall–Kier alpha value is 0.324. The highest BCUT2D eigenvalue weighted by Gasteiger charge is 2.32. The Labute approximate surface area is 145 Å². The molecule has 0 spiro atoms. The van der Waals surface area contributed by atoms with Gasteiger partial charge in [0.15, 0.2) is 0 Å². The third kappa shape index (κ3) is 6.85. The number of benzene rings is 2. The molecule has 2 rings (SSSR count). The van der Waals surface area contributed by atoms with Gasteiger partial charge in [0.1, 0.15) is 0 Å². The monoisotopic (exact) mass is 400 g/mol. The molecule has 0 amide bonds. The van der Waals surface area contributed by atoms with Gasteiger partial charge in [-0.15, -0.1) is 55.4 Å². The lowest BCUT2D eigenvalue weighted by atomic mass is 10.4. The highest BCUT2D eigenvalue weighted by Crippen LogP contribution is 2.17. The van der Waals surface area contributed by atoms with Gasteiger partial charge in [-0.1, -0.05) is 60.7 Å². The Morgan fingerprint density at radius 3 is 1.10 bits per heavy atom. The van der Waals surface area contributed by atoms with Gasteiger partial charge in [0, 0.05) is 0 Å². The number of rotatable bonds is 2. The van der Waals surface area contributed by atoms with E-state index >= 15 is 0 Å². The van der Waals surface area contributed by atoms with Crippen LogP contribution in [-0.2, 0) is 0 Å². The summed E-state index contributed by atoms with van der Waals surface area (Å²) in [7, 11) is 0. The van der Waals surface area contributed by atoms with Crippen molar-refractivity contribution in [1.29, 1.82) is 0 Å². The molecule has 0 saturated heterocycles. The van der Waals surface area contributed by atoms with Crippen LogP contribution in [0.3, 0.4) is 0 Å². The molecule has 0 nitrogen and oxygen atoms in total. The summed E-state index contributed by atoms with van der Waals surface area (Å²) >= 11 is 28.6. The van der Waals surface area contributed by atoms with E-state index < -0.39 is 12.7 Å². The first-order chi connectivity index (χ1) is 9.21. The summed E-state index contributed by atoms with van der Waals surface area (Å²) < 4.78 is 0. The molecule has 2 aromatic rings. The van der Waals surface area contributed by atoms with Crippen molar-refractivity contribution in [1.82, 2.24) is 0 Å². The molecule has 0 radical (unpaired) electrons. The first-order valence-electron chi connectivity index (χ1n) is 5.77. The zero-order chi connectivity index (χ0) is 15.2. The van der Waals surface area contributed by atoms with E-state index in [-0.39, 0.29) is 0 Å². The van der Waals surface area contributed by atoms with Gasteiger partial charge in [0.2, 0.25) is 0 Å². The van der Waals surface area contributed by atoms with Crippen LogP contribution in [0.5, 0.6) is 0 Å². The minimum Gasteiger partial charge on any atom is -0.134 e. The molecular weight excluding hydrogens is 390 g/mol. The van der Waals surface area contributed by atoms with Crippen molar-refractivity contribution in [2.45, 2.75) is 6.55 Å². The lowest BCUT2D eigenvalue weighted by Crippen LogP contribution is -2.48. The van der Waals surface area contributed by atoms with Crippen molar-refractivity contribution in [2.24, 2.45) is 0 Å². The normalized spacial score (nSPS) is 11.5. The van der Waals surface area contributed by atoms with Gasteiger partial charge in [-0.25, -0.2) is 0 Å². The fourth-order valence-corrected chi connectivity index (χ4v) is 4.53. The SMILES string of the molecule is C[Si](Cl)(Cl)Cl.Cl[Si](Cl)(c1ccccc1)c1ccccc1. The molecule has 20 heavy (non-hydrogen) atoms. The average Bonchev–Trinajstić information content (AvgIpc) is 2.39. The van der Waals surface area contributed by atoms with Crippen LogP contribution in [0, 0.1) is 0 Å². The summed E-state index contributed by atoms with van der Waals surface area (Å²) in [5.74, 6) is 0. The van der Waals surface area contributed by atoms with Crippen LogP contribution in [-0.4, -0.2) is 12.7 Å². The maximum Gasteiger partial charge on any atom is 0.338 e. The van der Waals surface area contributed by atoms with Crippen molar-refractivity contribution < 1.29 is 0 Å². The van der Waals surface area contributed by atoms with Gasteiger partial charge in [-0.2, -0.15) is 0 Å². The summed E-state index contributed by atoms with van der Waals surface area (Å²) in [6.07, 6.45) is 0. The van der Waals surface area contributed by atoms with Gasteiger partial charge < -0.3 is 0 Å². The number of hydrogen-bond donors (Lipinski definition) is 0. The van der Waals surface area contributed by atoms with Crippen LogP contribution >= 0.6 is 55.4 Å². The Bertz CT molecular complexity index is 464. The van der Waals surface area contributed by atoms with Crippen LogP contribution in [0.15, 0.2) is 60.7 Å². The standard InChI is InChI=1S/C12H10Cl2Si.CH3Cl3Si/c13-15(14,11-7-3-1-4-8-11)12-9-5-2-6-10-12;1-5(2,3)4/h1-10H;1H3. The number of halogens is 5. The van der Waals surface area contributed by atoms with Crippen molar-refractivity contribution in [3.8, 4) is 0 Å². The molecule has 0 bridgehead atoms. The smallest absolute Gasteiger partial charge is 0.134 e. The average molecular weight is 403 g/mol. The van der Waals surface area contributed by atoms with Crippen molar-refractivity contribution in [2.75, 3.05) is 0 Å². The fraction of sp³-hybridized carbons (Fsp3) is 0.0769. The van der Waals surface area contributed by atoms with E-state index in [2.05, 4.69) is 0 Å². The third-order valence-electron chi connectivity index (χ3n) is 2.27. The minimum atomic E-state index is -2.51. The van der Waals surface area contributed by atoms with Gasteiger partial charge in [-0.05, 0) is 16.9 Å². The molecule has 2 aromatic carbocycles. The summed E-state index contributed by atoms with van der Waals surface area (Å²) in [4.78, 5) is 0. The van der Waals surface area contributed by atoms with E-state index in [1.165, 1.54) is 0 Å². The molecule has 0 fully saturated rings. The first-order valence-corrected chi connectivity index (χ1v) is 15.3. The van der Waals surface area contributed by atoms with E-state index in [4.69, 9.17) is 55.4 Å². The highest BCUT2D eigenvalue weighted by molar-refractivity contribution is 7.64. The van der Waals surface area contributed by atoms with Gasteiger partial charge in [0.25, 0.3) is 0 Å². The molecule has 108 valence electrons. The van der Waals surface area contributed by atoms with Crippen molar-refractivity contribution in [3.63, 3.8) is 0 Å². The van der Waals surface area contributed by atoms with Crippen LogP contribution in [0.2, 0.25) is 6.55 Å². The van der Waals surface area contributed by atoms with Crippen LogP contribution in [0.25, 0.3) is 0 Å². The fourth-order valence-electron chi connectivity index (χ4n) is 1.46. The molecule has 0 aliphatic carbocycles. The Morgan fingerprint density at radius 2 is 0.850 bits per heavy atom. The zero-order valence-corrected chi connectivity index (χ0v) is 16.4. The second kappa shape index (κ2) is 8.09. The Balaban J connectivity index is 0.000000347. The predicted octanol–water partition coefficient (Wildman–Crippen LogP) is 4.99. The van der Waals surface area contributed by atoms with Crippen LogP contribution in [0.1, 0.15) is 0 Å². The maximum absolute atomic E-state index is 6.49. The van der Waals surface area contributed by atoms with Gasteiger partial charge in [-0.3, -0.25) is 0 Å². The van der Waals surface area contributed by atoms with E-state index in [9.17, 15) is 0 Å². The molecule has 0 aromatic heterocycles. The Kier molecular flexibility index (Phi) is 7.43. The summed E-state index contributed by atoms with van der Waals surface area (Å²) in [5.41, 5.74) is 0. The van der Waals surface area contributed by atoms with Crippen LogP contribution < -0.4 is 10.4 Å². The van der Waals surface area contributed by atoms with E-state index in [0.717, 1.165) is 10.4 Å². The topological polar surface area (TPSA) is 0 Å². The molecule has 0 aliphatic rings. The third-order valence-corrected chi connectivity index (χ3v) is 7.01. The van der Waals surface area contributed by atoms with E-state index in [1.807, 2.05) is 60.7 Å². The van der Waals surface area contributed by atoms with E-state index in [1.54, 1.807) is 6.55 Å². The highest BCUT2D eigenvalue weighted by atomic mass is 35.8. The molecule has 0 unspecified atom stereocenters. The Morgan fingerprint density at radius 1 is 0.600 bits per heavy atom. The van der Waals surface area contributed by atoms with Gasteiger partial charge in [0.05, 0.1) is 0 Å². The van der Waals surface area contributed by atoms with Gasteiger partial charge >= 0.3 is 12.7 Å². The molecule has 0 aliphatic heterocycles.